The second-order valence-corrected chi connectivity index (χ2v) is 6.70. The van der Waals surface area contributed by atoms with E-state index < -0.39 is 5.41 Å². The molecule has 2 aliphatic rings. The van der Waals surface area contributed by atoms with Gasteiger partial charge in [0.25, 0.3) is 0 Å². The van der Waals surface area contributed by atoms with Crippen molar-refractivity contribution < 1.29 is 4.79 Å². The third-order valence-corrected chi connectivity index (χ3v) is 5.59. The van der Waals surface area contributed by atoms with Gasteiger partial charge in [0.15, 0.2) is 0 Å². The summed E-state index contributed by atoms with van der Waals surface area (Å²) in [7, 11) is 0. The third kappa shape index (κ3) is 2.15. The Balaban J connectivity index is 2.02. The van der Waals surface area contributed by atoms with E-state index in [4.69, 9.17) is 18.0 Å². The van der Waals surface area contributed by atoms with Crippen LogP contribution in [0.1, 0.15) is 52.4 Å². The molecule has 0 spiro atoms. The van der Waals surface area contributed by atoms with Gasteiger partial charge in [-0.1, -0.05) is 38.9 Å². The van der Waals surface area contributed by atoms with Crippen LogP contribution in [0.5, 0.6) is 0 Å². The number of hydrogen-bond donors (Lipinski definition) is 1. The Morgan fingerprint density at radius 1 is 1.28 bits per heavy atom. The van der Waals surface area contributed by atoms with Crippen LogP contribution < -0.4 is 5.73 Å². The molecule has 1 amide bonds. The highest BCUT2D eigenvalue weighted by Gasteiger charge is 2.49. The smallest absolute Gasteiger partial charge is 0.235 e. The first-order valence-electron chi connectivity index (χ1n) is 7.03. The first-order valence-corrected chi connectivity index (χ1v) is 7.44. The van der Waals surface area contributed by atoms with E-state index >= 15 is 0 Å². The lowest BCUT2D eigenvalue weighted by atomic mass is 9.67. The van der Waals surface area contributed by atoms with Gasteiger partial charge in [-0.2, -0.15) is 0 Å². The number of carbonyl (C=O) groups is 1. The molecule has 1 aliphatic heterocycles. The minimum atomic E-state index is -0.491. The number of amides is 1. The van der Waals surface area contributed by atoms with Gasteiger partial charge in [0.1, 0.15) is 0 Å². The van der Waals surface area contributed by atoms with Gasteiger partial charge >= 0.3 is 0 Å². The highest BCUT2D eigenvalue weighted by molar-refractivity contribution is 7.80. The SMILES string of the molecule is CCC1(C)CCN(C(=O)C2(C(N)=S)CCC2)CC1. The Hall–Kier alpha value is -0.640. The van der Waals surface area contributed by atoms with E-state index in [1.165, 1.54) is 6.42 Å². The minimum absolute atomic E-state index is 0.194. The van der Waals surface area contributed by atoms with Crippen molar-refractivity contribution in [2.45, 2.75) is 52.4 Å². The van der Waals surface area contributed by atoms with E-state index in [0.717, 1.165) is 45.2 Å². The number of hydrogen-bond acceptors (Lipinski definition) is 2. The molecule has 2 fully saturated rings. The van der Waals surface area contributed by atoms with Gasteiger partial charge in [-0.3, -0.25) is 4.79 Å². The van der Waals surface area contributed by atoms with E-state index in [-0.39, 0.29) is 5.91 Å². The van der Waals surface area contributed by atoms with Gasteiger partial charge in [-0.05, 0) is 31.1 Å². The van der Waals surface area contributed by atoms with Gasteiger partial charge in [0, 0.05) is 13.1 Å². The summed E-state index contributed by atoms with van der Waals surface area (Å²) in [5.74, 6) is 0.194. The number of piperidine rings is 1. The van der Waals surface area contributed by atoms with Crippen LogP contribution >= 0.6 is 12.2 Å². The molecule has 0 aromatic rings. The van der Waals surface area contributed by atoms with Crippen LogP contribution in [0.25, 0.3) is 0 Å². The predicted octanol–water partition coefficient (Wildman–Crippen LogP) is 2.48. The number of rotatable bonds is 3. The molecule has 0 bridgehead atoms. The lowest BCUT2D eigenvalue weighted by Gasteiger charge is -2.46. The fourth-order valence-electron chi connectivity index (χ4n) is 3.00. The monoisotopic (exact) mass is 268 g/mol. The molecule has 1 saturated heterocycles. The fraction of sp³-hybridized carbons (Fsp3) is 0.857. The topological polar surface area (TPSA) is 46.3 Å². The summed E-state index contributed by atoms with van der Waals surface area (Å²) in [6.07, 6.45) is 6.16. The molecular formula is C14H24N2OS. The van der Waals surface area contributed by atoms with Crippen molar-refractivity contribution in [1.29, 1.82) is 0 Å². The average Bonchev–Trinajstić information content (AvgIpc) is 2.28. The lowest BCUT2D eigenvalue weighted by molar-refractivity contribution is -0.144. The van der Waals surface area contributed by atoms with Crippen molar-refractivity contribution in [3.63, 3.8) is 0 Å². The molecule has 4 heteroatoms. The molecule has 0 radical (unpaired) electrons. The Morgan fingerprint density at radius 2 is 1.83 bits per heavy atom. The second-order valence-electron chi connectivity index (χ2n) is 6.26. The van der Waals surface area contributed by atoms with Crippen LogP contribution in [0.15, 0.2) is 0 Å². The molecule has 2 N–H and O–H groups in total. The zero-order valence-electron chi connectivity index (χ0n) is 11.5. The van der Waals surface area contributed by atoms with Crippen LogP contribution in [0.3, 0.4) is 0 Å². The van der Waals surface area contributed by atoms with Gasteiger partial charge in [0.2, 0.25) is 5.91 Å². The Bertz CT molecular complexity index is 355. The molecule has 1 heterocycles. The average molecular weight is 268 g/mol. The number of thiocarbonyl (C=S) groups is 1. The van der Waals surface area contributed by atoms with Crippen LogP contribution in [-0.4, -0.2) is 28.9 Å². The first kappa shape index (κ1) is 13.8. The van der Waals surface area contributed by atoms with Gasteiger partial charge in [0.05, 0.1) is 10.4 Å². The molecule has 0 atom stereocenters. The molecular weight excluding hydrogens is 244 g/mol. The maximum Gasteiger partial charge on any atom is 0.235 e. The van der Waals surface area contributed by atoms with Crippen molar-refractivity contribution in [2.24, 2.45) is 16.6 Å². The summed E-state index contributed by atoms with van der Waals surface area (Å²) in [4.78, 5) is 15.0. The molecule has 0 unspecified atom stereocenters. The molecule has 18 heavy (non-hydrogen) atoms. The normalized spacial score (nSPS) is 25.3. The molecule has 102 valence electrons. The molecule has 3 nitrogen and oxygen atoms in total. The van der Waals surface area contributed by atoms with Gasteiger partial charge in [-0.25, -0.2) is 0 Å². The van der Waals surface area contributed by atoms with Gasteiger partial charge < -0.3 is 10.6 Å². The zero-order chi connectivity index (χ0) is 13.4. The summed E-state index contributed by atoms with van der Waals surface area (Å²) in [5, 5.41) is 0. The first-order chi connectivity index (χ1) is 8.43. The van der Waals surface area contributed by atoms with Crippen LogP contribution in [-0.2, 0) is 4.79 Å². The van der Waals surface area contributed by atoms with Crippen molar-refractivity contribution in [3.05, 3.63) is 0 Å². The molecule has 0 aromatic heterocycles. The quantitative estimate of drug-likeness (QED) is 0.800. The predicted molar refractivity (Wildman–Crippen MR) is 77.3 cm³/mol. The molecule has 1 saturated carbocycles. The number of nitrogens with zero attached hydrogens (tertiary/aromatic N) is 1. The fourth-order valence-corrected chi connectivity index (χ4v) is 3.29. The van der Waals surface area contributed by atoms with Crippen molar-refractivity contribution in [2.75, 3.05) is 13.1 Å². The Labute approximate surface area is 115 Å². The van der Waals surface area contributed by atoms with Crippen molar-refractivity contribution >= 4 is 23.1 Å². The van der Waals surface area contributed by atoms with Crippen LogP contribution in [0.4, 0.5) is 0 Å². The van der Waals surface area contributed by atoms with Crippen LogP contribution in [0.2, 0.25) is 0 Å². The second kappa shape index (κ2) is 4.80. The van der Waals surface area contributed by atoms with E-state index in [1.807, 2.05) is 4.90 Å². The van der Waals surface area contributed by atoms with Crippen molar-refractivity contribution in [1.82, 2.24) is 4.90 Å². The number of nitrogens with two attached hydrogens (primary N) is 1. The summed E-state index contributed by atoms with van der Waals surface area (Å²) in [6.45, 7) is 6.29. The Morgan fingerprint density at radius 3 is 2.17 bits per heavy atom. The summed E-state index contributed by atoms with van der Waals surface area (Å²) < 4.78 is 0. The number of carbonyl (C=O) groups excluding carboxylic acids is 1. The number of likely N-dealkylation sites (tertiary alicyclic amines) is 1. The van der Waals surface area contributed by atoms with E-state index in [0.29, 0.717) is 10.4 Å². The maximum atomic E-state index is 12.6. The molecule has 2 rings (SSSR count). The highest BCUT2D eigenvalue weighted by atomic mass is 32.1. The lowest BCUT2D eigenvalue weighted by Crippen LogP contribution is -2.56. The summed E-state index contributed by atoms with van der Waals surface area (Å²) in [5.41, 5.74) is 5.72. The van der Waals surface area contributed by atoms with Crippen LogP contribution in [0, 0.1) is 10.8 Å². The highest BCUT2D eigenvalue weighted by Crippen LogP contribution is 2.44. The summed E-state index contributed by atoms with van der Waals surface area (Å²) in [6, 6.07) is 0. The Kier molecular flexibility index (Phi) is 3.67. The van der Waals surface area contributed by atoms with Crippen molar-refractivity contribution in [3.8, 4) is 0 Å². The third-order valence-electron chi connectivity index (χ3n) is 5.20. The minimum Gasteiger partial charge on any atom is -0.392 e. The summed E-state index contributed by atoms with van der Waals surface area (Å²) >= 11 is 5.12. The standard InChI is InChI=1S/C14H24N2OS/c1-3-13(2)7-9-16(10-8-13)12(17)14(11(15)18)5-4-6-14/h3-10H2,1-2H3,(H2,15,18). The van der Waals surface area contributed by atoms with E-state index in [1.54, 1.807) is 0 Å². The molecule has 0 aromatic carbocycles. The zero-order valence-corrected chi connectivity index (χ0v) is 12.3. The molecule has 1 aliphatic carbocycles. The van der Waals surface area contributed by atoms with E-state index in [9.17, 15) is 4.79 Å². The largest absolute Gasteiger partial charge is 0.392 e. The van der Waals surface area contributed by atoms with E-state index in [2.05, 4.69) is 13.8 Å². The maximum absolute atomic E-state index is 12.6. The van der Waals surface area contributed by atoms with Gasteiger partial charge in [-0.15, -0.1) is 0 Å².